The minimum atomic E-state index is -1.10. The minimum absolute atomic E-state index is 0.0562. The van der Waals surface area contributed by atoms with Gasteiger partial charge in [0.2, 0.25) is 5.83 Å². The van der Waals surface area contributed by atoms with Gasteiger partial charge in [0.15, 0.2) is 0 Å². The molecule has 0 aliphatic heterocycles. The molecule has 0 saturated heterocycles. The largest absolute Gasteiger partial charge is 0.494 e. The molecule has 0 radical (unpaired) electrons. The number of rotatable bonds is 18. The first-order valence-corrected chi connectivity index (χ1v) is 15.4. The number of halogens is 1. The summed E-state index contributed by atoms with van der Waals surface area (Å²) in [5, 5.41) is 0. The number of carbonyl (C=O) groups is 3. The molecule has 0 heterocycles. The Morgan fingerprint density at radius 3 is 1.96 bits per heavy atom. The highest BCUT2D eigenvalue weighted by molar-refractivity contribution is 5.93. The molecular weight excluding hydrogens is 591 g/mol. The van der Waals surface area contributed by atoms with E-state index in [9.17, 15) is 18.8 Å². The molecule has 0 fully saturated rings. The topological polar surface area (TPSA) is 97.4 Å². The number of fused-ring (bicyclic) bond motifs is 3. The van der Waals surface area contributed by atoms with Crippen LogP contribution in [0.25, 0.3) is 11.1 Å². The highest BCUT2D eigenvalue weighted by Crippen LogP contribution is 2.46. The zero-order chi connectivity index (χ0) is 32.9. The Bertz CT molecular complexity index is 1550. The van der Waals surface area contributed by atoms with E-state index in [1.54, 1.807) is 30.3 Å². The molecule has 1 aliphatic rings. The van der Waals surface area contributed by atoms with Crippen molar-refractivity contribution in [3.05, 3.63) is 102 Å². The Hall–Kier alpha value is -4.92. The van der Waals surface area contributed by atoms with Crippen molar-refractivity contribution in [1.29, 1.82) is 0 Å². The van der Waals surface area contributed by atoms with Gasteiger partial charge in [0, 0.05) is 12.0 Å². The smallest absolute Gasteiger partial charge is 0.366 e. The van der Waals surface area contributed by atoms with Crippen molar-refractivity contribution >= 4 is 17.9 Å². The Morgan fingerprint density at radius 2 is 1.26 bits per heavy atom. The summed E-state index contributed by atoms with van der Waals surface area (Å²) in [6, 6.07) is 18.5. The fourth-order valence-electron chi connectivity index (χ4n) is 5.08. The third kappa shape index (κ3) is 9.54. The Kier molecular flexibility index (Phi) is 12.5. The fraction of sp³-hybridized carbons (Fsp3) is 0.324. The van der Waals surface area contributed by atoms with Gasteiger partial charge in [-0.3, -0.25) is 0 Å². The molecule has 9 heteroatoms. The number of ether oxygens (including phenoxy) is 5. The summed E-state index contributed by atoms with van der Waals surface area (Å²) in [6.45, 7) is 9.86. The molecule has 1 unspecified atom stereocenters. The van der Waals surface area contributed by atoms with Gasteiger partial charge in [-0.05, 0) is 109 Å². The first-order valence-electron chi connectivity index (χ1n) is 15.4. The molecular formula is C37H39FO8. The van der Waals surface area contributed by atoms with Crippen molar-refractivity contribution in [3.63, 3.8) is 0 Å². The van der Waals surface area contributed by atoms with E-state index >= 15 is 0 Å². The van der Waals surface area contributed by atoms with Gasteiger partial charge in [-0.15, -0.1) is 0 Å². The third-order valence-electron chi connectivity index (χ3n) is 7.55. The van der Waals surface area contributed by atoms with E-state index in [4.69, 9.17) is 23.7 Å². The van der Waals surface area contributed by atoms with Crippen molar-refractivity contribution in [2.24, 2.45) is 0 Å². The maximum absolute atomic E-state index is 13.0. The average molecular weight is 631 g/mol. The quantitative estimate of drug-likeness (QED) is 0.0606. The fourth-order valence-corrected chi connectivity index (χ4v) is 5.08. The highest BCUT2D eigenvalue weighted by atomic mass is 19.1. The van der Waals surface area contributed by atoms with Gasteiger partial charge >= 0.3 is 17.9 Å². The zero-order valence-corrected chi connectivity index (χ0v) is 26.1. The summed E-state index contributed by atoms with van der Waals surface area (Å²) >= 11 is 0. The molecule has 3 aromatic carbocycles. The Labute approximate surface area is 268 Å². The molecule has 3 aromatic rings. The molecule has 242 valence electrons. The average Bonchev–Trinajstić information content (AvgIpc) is 3.34. The molecule has 46 heavy (non-hydrogen) atoms. The molecule has 8 nitrogen and oxygen atoms in total. The van der Waals surface area contributed by atoms with Crippen LogP contribution in [-0.4, -0.2) is 44.3 Å². The van der Waals surface area contributed by atoms with E-state index in [2.05, 4.69) is 20.1 Å². The molecule has 0 aromatic heterocycles. The molecule has 0 amide bonds. The minimum Gasteiger partial charge on any atom is -0.494 e. The summed E-state index contributed by atoms with van der Waals surface area (Å²) < 4.78 is 39.7. The van der Waals surface area contributed by atoms with Gasteiger partial charge in [-0.25, -0.2) is 14.4 Å². The lowest BCUT2D eigenvalue weighted by Crippen LogP contribution is -2.09. The van der Waals surface area contributed by atoms with Crippen molar-refractivity contribution in [2.75, 3.05) is 26.4 Å². The Morgan fingerprint density at radius 1 is 0.717 bits per heavy atom. The van der Waals surface area contributed by atoms with Crippen LogP contribution in [0.1, 0.15) is 72.9 Å². The summed E-state index contributed by atoms with van der Waals surface area (Å²) in [5.74, 6) is -1.08. The van der Waals surface area contributed by atoms with Gasteiger partial charge in [0.1, 0.15) is 17.2 Å². The monoisotopic (exact) mass is 630 g/mol. The summed E-state index contributed by atoms with van der Waals surface area (Å²) in [7, 11) is 0. The molecule has 4 rings (SSSR count). The van der Waals surface area contributed by atoms with Crippen molar-refractivity contribution < 1.29 is 42.5 Å². The van der Waals surface area contributed by atoms with E-state index in [1.807, 2.05) is 30.3 Å². The van der Waals surface area contributed by atoms with Crippen LogP contribution >= 0.6 is 0 Å². The first-order chi connectivity index (χ1) is 22.3. The molecule has 1 atom stereocenters. The van der Waals surface area contributed by atoms with Crippen LogP contribution in [0.15, 0.2) is 85.7 Å². The summed E-state index contributed by atoms with van der Waals surface area (Å²) in [5.41, 5.74) is 4.78. The predicted molar refractivity (Wildman–Crippen MR) is 172 cm³/mol. The van der Waals surface area contributed by atoms with Crippen LogP contribution in [0.5, 0.6) is 17.2 Å². The third-order valence-corrected chi connectivity index (χ3v) is 7.55. The van der Waals surface area contributed by atoms with Gasteiger partial charge in [-0.2, -0.15) is 4.39 Å². The van der Waals surface area contributed by atoms with Crippen molar-refractivity contribution in [1.82, 2.24) is 0 Å². The molecule has 0 N–H and O–H groups in total. The van der Waals surface area contributed by atoms with Gasteiger partial charge in [0.25, 0.3) is 0 Å². The number of hydrogen-bond acceptors (Lipinski definition) is 8. The molecule has 0 saturated carbocycles. The predicted octanol–water partition coefficient (Wildman–Crippen LogP) is 7.89. The van der Waals surface area contributed by atoms with Crippen LogP contribution < -0.4 is 14.2 Å². The van der Waals surface area contributed by atoms with Gasteiger partial charge in [0.05, 0.1) is 32.0 Å². The van der Waals surface area contributed by atoms with Crippen LogP contribution in [-0.2, 0) is 19.1 Å². The van der Waals surface area contributed by atoms with E-state index < -0.39 is 23.7 Å². The van der Waals surface area contributed by atoms with E-state index in [1.165, 1.54) is 0 Å². The molecule has 0 bridgehead atoms. The maximum Gasteiger partial charge on any atom is 0.366 e. The van der Waals surface area contributed by atoms with Crippen LogP contribution in [0.3, 0.4) is 0 Å². The van der Waals surface area contributed by atoms with Crippen molar-refractivity contribution in [2.45, 2.75) is 51.4 Å². The van der Waals surface area contributed by atoms with Crippen LogP contribution in [0, 0.1) is 0 Å². The second-order valence-corrected chi connectivity index (χ2v) is 10.9. The van der Waals surface area contributed by atoms with E-state index in [0.29, 0.717) is 49.7 Å². The number of hydrogen-bond donors (Lipinski definition) is 0. The second kappa shape index (κ2) is 17.0. The van der Waals surface area contributed by atoms with E-state index in [-0.39, 0.29) is 12.5 Å². The van der Waals surface area contributed by atoms with Gasteiger partial charge in [-0.1, -0.05) is 32.2 Å². The lowest BCUT2D eigenvalue weighted by Gasteiger charge is -2.11. The lowest BCUT2D eigenvalue weighted by atomic mass is 9.98. The SMILES string of the molecule is C=CC(=O)OCCCCCCOc1ccc(OC(=O)c2ccc3c(c2)C(C)c2cc(OCCCCOC(=O)C(=C)F)ccc2-3)cc1. The van der Waals surface area contributed by atoms with Crippen molar-refractivity contribution in [3.8, 4) is 28.4 Å². The number of esters is 3. The standard InChI is InChI=1S/C37H39FO8/c1-4-35(39)44-21-8-6-5-7-19-42-28-12-14-29(15-13-28)46-37(41)27-11-17-31-32-18-16-30(24-34(32)25(2)33(31)23-27)43-20-9-10-22-45-36(40)26(3)38/h4,11-18,23-25H,1,3,5-10,19-22H2,2H3. The zero-order valence-electron chi connectivity index (χ0n) is 26.1. The van der Waals surface area contributed by atoms with Crippen LogP contribution in [0.2, 0.25) is 0 Å². The molecule has 1 aliphatic carbocycles. The first kappa shape index (κ1) is 34.0. The number of carbonyl (C=O) groups excluding carboxylic acids is 3. The Balaban J connectivity index is 1.22. The molecule has 0 spiro atoms. The maximum atomic E-state index is 13.0. The summed E-state index contributed by atoms with van der Waals surface area (Å²) in [6.07, 6.45) is 5.93. The van der Waals surface area contributed by atoms with Crippen LogP contribution in [0.4, 0.5) is 4.39 Å². The lowest BCUT2D eigenvalue weighted by molar-refractivity contribution is -0.141. The normalized spacial score (nSPS) is 12.8. The number of benzene rings is 3. The second-order valence-electron chi connectivity index (χ2n) is 10.9. The number of unbranched alkanes of at least 4 members (excludes halogenated alkanes) is 4. The van der Waals surface area contributed by atoms with Gasteiger partial charge < -0.3 is 23.7 Å². The highest BCUT2D eigenvalue weighted by Gasteiger charge is 2.27. The summed E-state index contributed by atoms with van der Waals surface area (Å²) in [4.78, 5) is 35.1. The van der Waals surface area contributed by atoms with E-state index in [0.717, 1.165) is 59.8 Å².